The molecule has 1 aliphatic rings. The largest absolute Gasteiger partial charge is 0.456 e. The number of aryl methyl sites for hydroxylation is 1. The van der Waals surface area contributed by atoms with Crippen molar-refractivity contribution in [2.75, 3.05) is 6.54 Å². The average Bonchev–Trinajstić information content (AvgIpc) is 3.34. The van der Waals surface area contributed by atoms with Crippen molar-refractivity contribution in [2.24, 2.45) is 5.92 Å². The first-order chi connectivity index (χ1) is 19.3. The van der Waals surface area contributed by atoms with Crippen molar-refractivity contribution in [2.45, 2.75) is 71.1 Å². The predicted octanol–water partition coefficient (Wildman–Crippen LogP) is 2.66. The van der Waals surface area contributed by atoms with Crippen LogP contribution < -0.4 is 16.0 Å². The number of carbonyl (C=O) groups is 4. The summed E-state index contributed by atoms with van der Waals surface area (Å²) >= 11 is 0. The Labute approximate surface area is 237 Å². The summed E-state index contributed by atoms with van der Waals surface area (Å²) < 4.78 is 23.8. The third kappa shape index (κ3) is 9.56. The van der Waals surface area contributed by atoms with Crippen LogP contribution >= 0.6 is 0 Å². The third-order valence-corrected chi connectivity index (χ3v) is 6.21. The lowest BCUT2D eigenvalue weighted by Gasteiger charge is -2.27. The molecule has 0 saturated carbocycles. The summed E-state index contributed by atoms with van der Waals surface area (Å²) in [6, 6.07) is 6.59. The second kappa shape index (κ2) is 13.7. The number of ether oxygens (including phenoxy) is 1. The van der Waals surface area contributed by atoms with Gasteiger partial charge in [-0.2, -0.15) is 5.26 Å². The molecule has 3 atom stereocenters. The highest BCUT2D eigenvalue weighted by Crippen LogP contribution is 2.20. The molecule has 218 valence electrons. The molecular weight excluding hydrogens is 533 g/mol. The lowest BCUT2D eigenvalue weighted by molar-refractivity contribution is -0.149. The molecule has 0 spiro atoms. The van der Waals surface area contributed by atoms with Crippen molar-refractivity contribution >= 4 is 23.7 Å². The number of rotatable bonds is 10. The minimum atomic E-state index is -1.16. The molecule has 0 aliphatic carbocycles. The summed E-state index contributed by atoms with van der Waals surface area (Å²) in [5.41, 5.74) is -0.669. The van der Waals surface area contributed by atoms with E-state index in [1.807, 2.05) is 6.07 Å². The third-order valence-electron chi connectivity index (χ3n) is 6.21. The molecule has 41 heavy (non-hydrogen) atoms. The highest BCUT2D eigenvalue weighted by molar-refractivity contribution is 5.96. The van der Waals surface area contributed by atoms with Gasteiger partial charge in [0.2, 0.25) is 11.8 Å². The van der Waals surface area contributed by atoms with E-state index in [9.17, 15) is 28.8 Å². The molecule has 11 nitrogen and oxygen atoms in total. The lowest BCUT2D eigenvalue weighted by atomic mass is 9.90. The number of amides is 3. The first-order valence-electron chi connectivity index (χ1n) is 13.3. The van der Waals surface area contributed by atoms with Crippen LogP contribution in [0.15, 0.2) is 46.5 Å². The van der Waals surface area contributed by atoms with Gasteiger partial charge >= 0.3 is 5.97 Å². The average molecular weight is 568 g/mol. The predicted molar refractivity (Wildman–Crippen MR) is 144 cm³/mol. The fourth-order valence-corrected chi connectivity index (χ4v) is 4.28. The quantitative estimate of drug-likeness (QED) is 0.224. The van der Waals surface area contributed by atoms with Crippen LogP contribution in [0.25, 0.3) is 0 Å². The van der Waals surface area contributed by atoms with Gasteiger partial charge in [-0.25, -0.2) is 9.18 Å². The van der Waals surface area contributed by atoms with E-state index < -0.39 is 47.2 Å². The molecule has 1 aromatic carbocycles. The van der Waals surface area contributed by atoms with E-state index in [0.29, 0.717) is 24.3 Å². The summed E-state index contributed by atoms with van der Waals surface area (Å²) in [5, 5.41) is 21.6. The maximum absolute atomic E-state index is 13.6. The number of aromatic nitrogens is 1. The summed E-state index contributed by atoms with van der Waals surface area (Å²) in [6.45, 7) is 7.12. The number of nitrogens with zero attached hydrogens (tertiary/aromatic N) is 2. The van der Waals surface area contributed by atoms with Crippen molar-refractivity contribution in [1.29, 1.82) is 5.26 Å². The van der Waals surface area contributed by atoms with Crippen LogP contribution in [0.1, 0.15) is 61.8 Å². The van der Waals surface area contributed by atoms with Gasteiger partial charge in [0, 0.05) is 31.0 Å². The number of halogens is 1. The molecule has 1 aliphatic heterocycles. The van der Waals surface area contributed by atoms with Crippen LogP contribution in [0.2, 0.25) is 0 Å². The fraction of sp³-hybridized carbons (Fsp3) is 0.448. The Bertz CT molecular complexity index is 1340. The summed E-state index contributed by atoms with van der Waals surface area (Å²) in [7, 11) is 0. The van der Waals surface area contributed by atoms with Gasteiger partial charge in [0.25, 0.3) is 5.91 Å². The van der Waals surface area contributed by atoms with E-state index in [2.05, 4.69) is 21.1 Å². The Balaban J connectivity index is 1.90. The number of hydrogen-bond donors (Lipinski definition) is 3. The number of nitriles is 1. The van der Waals surface area contributed by atoms with Gasteiger partial charge in [0.1, 0.15) is 34.9 Å². The second-order valence-electron chi connectivity index (χ2n) is 10.9. The van der Waals surface area contributed by atoms with E-state index in [0.717, 1.165) is 6.42 Å². The molecule has 1 aromatic heterocycles. The highest BCUT2D eigenvalue weighted by Gasteiger charge is 2.30. The standard InChI is InChI=1S/C29H34FN5O6/c1-17-12-24(35-41-17)27(38)34-23(13-18-7-9-21(30)10-8-18)26(37)33-22(14-19-6-5-11-32-25(19)36)15-20(16-31)28(39)40-29(2,3)4/h7-10,12,15,19,22-23H,5-6,11,13-14H2,1-4H3,(H,32,36)(H,33,37)(H,34,38). The molecule has 0 bridgehead atoms. The Morgan fingerprint density at radius 2 is 1.98 bits per heavy atom. The van der Waals surface area contributed by atoms with Crippen LogP contribution in [-0.2, 0) is 25.5 Å². The number of benzene rings is 1. The minimum Gasteiger partial charge on any atom is -0.456 e. The molecule has 12 heteroatoms. The van der Waals surface area contributed by atoms with E-state index in [-0.39, 0.29) is 30.0 Å². The van der Waals surface area contributed by atoms with Gasteiger partial charge in [-0.3, -0.25) is 14.4 Å². The number of carbonyl (C=O) groups excluding carboxylic acids is 4. The number of esters is 1. The van der Waals surface area contributed by atoms with Gasteiger partial charge in [-0.05, 0) is 70.7 Å². The summed E-state index contributed by atoms with van der Waals surface area (Å²) in [6.07, 6.45) is 2.66. The van der Waals surface area contributed by atoms with Gasteiger partial charge in [-0.1, -0.05) is 17.3 Å². The van der Waals surface area contributed by atoms with Gasteiger partial charge in [0.15, 0.2) is 5.69 Å². The summed E-state index contributed by atoms with van der Waals surface area (Å²) in [5.74, 6) is -2.93. The topological polar surface area (TPSA) is 163 Å². The second-order valence-corrected chi connectivity index (χ2v) is 10.9. The van der Waals surface area contributed by atoms with Gasteiger partial charge in [0.05, 0.1) is 0 Å². The molecule has 2 aromatic rings. The smallest absolute Gasteiger partial charge is 0.349 e. The highest BCUT2D eigenvalue weighted by atomic mass is 19.1. The Morgan fingerprint density at radius 3 is 2.56 bits per heavy atom. The van der Waals surface area contributed by atoms with Crippen molar-refractivity contribution in [1.82, 2.24) is 21.1 Å². The SMILES string of the molecule is Cc1cc(C(=O)NC(Cc2ccc(F)cc2)C(=O)NC(C=C(C#N)C(=O)OC(C)(C)C)CC2CCCNC2=O)no1. The zero-order chi connectivity index (χ0) is 30.2. The minimum absolute atomic E-state index is 0.00773. The molecule has 3 unspecified atom stereocenters. The molecule has 1 saturated heterocycles. The van der Waals surface area contributed by atoms with E-state index in [1.165, 1.54) is 36.4 Å². The summed E-state index contributed by atoms with van der Waals surface area (Å²) in [4.78, 5) is 51.6. The molecule has 1 fully saturated rings. The van der Waals surface area contributed by atoms with Crippen LogP contribution in [0.3, 0.4) is 0 Å². The van der Waals surface area contributed by atoms with Crippen LogP contribution in [-0.4, -0.2) is 53.1 Å². The monoisotopic (exact) mass is 567 g/mol. The maximum atomic E-state index is 13.6. The number of nitrogens with one attached hydrogen (secondary N) is 3. The normalized spacial score (nSPS) is 17.0. The van der Waals surface area contributed by atoms with Gasteiger partial charge < -0.3 is 25.2 Å². The van der Waals surface area contributed by atoms with Gasteiger partial charge in [-0.15, -0.1) is 0 Å². The number of hydrogen-bond acceptors (Lipinski definition) is 8. The molecular formula is C29H34FN5O6. The number of piperidine rings is 1. The Kier molecular flexibility index (Phi) is 10.4. The van der Waals surface area contributed by atoms with E-state index >= 15 is 0 Å². The fourth-order valence-electron chi connectivity index (χ4n) is 4.28. The Hall–Kier alpha value is -4.53. The first-order valence-corrected chi connectivity index (χ1v) is 13.3. The van der Waals surface area contributed by atoms with Crippen LogP contribution in [0.5, 0.6) is 0 Å². The zero-order valence-corrected chi connectivity index (χ0v) is 23.5. The molecule has 3 N–H and O–H groups in total. The zero-order valence-electron chi connectivity index (χ0n) is 23.5. The first kappa shape index (κ1) is 31.0. The molecule has 2 heterocycles. The lowest BCUT2D eigenvalue weighted by Crippen LogP contribution is -2.51. The van der Waals surface area contributed by atoms with E-state index in [1.54, 1.807) is 27.7 Å². The molecule has 0 radical (unpaired) electrons. The maximum Gasteiger partial charge on any atom is 0.349 e. The molecule has 3 rings (SSSR count). The van der Waals surface area contributed by atoms with Crippen molar-refractivity contribution in [3.05, 3.63) is 64.8 Å². The van der Waals surface area contributed by atoms with Crippen LogP contribution in [0, 0.1) is 30.0 Å². The van der Waals surface area contributed by atoms with Crippen molar-refractivity contribution < 1.29 is 32.8 Å². The molecule has 3 amide bonds. The van der Waals surface area contributed by atoms with E-state index in [4.69, 9.17) is 9.26 Å². The Morgan fingerprint density at radius 1 is 1.27 bits per heavy atom. The van der Waals surface area contributed by atoms with Crippen LogP contribution in [0.4, 0.5) is 4.39 Å². The van der Waals surface area contributed by atoms with Crippen molar-refractivity contribution in [3.63, 3.8) is 0 Å². The van der Waals surface area contributed by atoms with Crippen molar-refractivity contribution in [3.8, 4) is 6.07 Å².